The van der Waals surface area contributed by atoms with Gasteiger partial charge in [0.15, 0.2) is 17.7 Å². The number of phosphoric acid groups is 1. The maximum absolute atomic E-state index is 14.1. The van der Waals surface area contributed by atoms with Gasteiger partial charge in [-0.3, -0.25) is 13.6 Å². The molecule has 0 bridgehead atoms. The number of nitrogens with two attached hydrogens (primary N) is 2. The Balaban J connectivity index is 0.320. The Morgan fingerprint density at radius 1 is 0.357 bits per heavy atom. The molecule has 20 aliphatic rings. The van der Waals surface area contributed by atoms with Gasteiger partial charge in [0.25, 0.3) is 0 Å². The van der Waals surface area contributed by atoms with Crippen molar-refractivity contribution in [1.29, 1.82) is 0 Å². The second-order valence-electron chi connectivity index (χ2n) is 52.2. The van der Waals surface area contributed by atoms with E-state index in [0.29, 0.717) is 48.7 Å². The molecular formula is C110H177N6O9P. The number of aliphatic hydroxyl groups is 1. The van der Waals surface area contributed by atoms with Crippen LogP contribution < -0.4 is 11.5 Å². The maximum Gasteiger partial charge on any atom is 0.472 e. The Morgan fingerprint density at radius 3 is 0.881 bits per heavy atom. The zero-order valence-electron chi connectivity index (χ0n) is 81.8. The first-order valence-corrected chi connectivity index (χ1v) is 56.3. The van der Waals surface area contributed by atoms with E-state index in [9.17, 15) is 14.6 Å². The summed E-state index contributed by atoms with van der Waals surface area (Å²) in [7, 11) is -4.69. The molecule has 19 aliphatic carbocycles. The standard InChI is InChI=1S/C110H177N6O9P/c1-48-20-21-67(48)68-26-69(49(68)2)70-27-71(50(70)3)72-28-73(51(72)4)74-29-75(52(74)5)76-30-77(53(76)6)78-31-79(54(78)7)80-32-81(55(80)8)82-33-83(56(82)9)84-34-85(57(84)10)86-35-87(58(86)11)88-36-89(59(88)12)90-37-91(60(90)13)92-38-93(61(92)14)94-39-95(62(94)15)96-40-97(63(96)16)98-41-99(64(98)17)100-42-101(65(100)18)102-43-103(66(102)19)124-126(118,119)125-106-104(44-117)123-110(107(106)122-47-121-25-24-120-23-22-111)116-46-115-105-108(112)113-45-114-109(105)116/h45-46,48-104,106-107,110,117H,20-44,47,111H2,1-19H3,(H,118,119)(H2,112,113,114)/t48?,49?,50?,51?,52?,53?,54?,55?,56?,57?,58?,59?,60?,61?,62?,63?,64?,65?,66?,67?,68?,69?,70?,71?,72?,73?,74?,75?,76?,77?,78?,79?,80?,81?,82?,83?,84?,85?,86?,87?,88?,89?,90?,91?,92?,93?,94?,95?,96?,97?,98?,99?,100?,101?,102?,103?,104-,106+,107?,110-/m1/s1. The number of fused-ring (bicyclic) bond motifs is 1. The van der Waals surface area contributed by atoms with Crippen LogP contribution in [-0.2, 0) is 32.6 Å². The van der Waals surface area contributed by atoms with Gasteiger partial charge >= 0.3 is 7.82 Å². The fourth-order valence-electron chi connectivity index (χ4n) is 40.0. The van der Waals surface area contributed by atoms with Gasteiger partial charge in [-0.2, -0.15) is 0 Å². The van der Waals surface area contributed by atoms with Crippen LogP contribution in [0.4, 0.5) is 5.82 Å². The van der Waals surface area contributed by atoms with E-state index in [1.165, 1.54) is 44.8 Å². The number of anilines is 1. The summed E-state index contributed by atoms with van der Waals surface area (Å²) in [5.41, 5.74) is 12.4. The molecule has 20 fully saturated rings. The average molecular weight is 1760 g/mol. The predicted molar refractivity (Wildman–Crippen MR) is 498 cm³/mol. The molecule has 2 aromatic heterocycles. The SMILES string of the molecule is CC1CCC1C1CC(C2CC(C3CC(C4CC(C5CC(C6CC(C7CC(C8CC(C9CC(C%10CC(C%11CC(C%12CC(C%13CC(C%14CC(C%15CC(C%16CC(C%17CC(C%18CC(OP(=O)(O)O[C@@H]%19C(OCOCCOCCN)[C@H](n%20cnc%21c(N)ncnc%21%20)O[C@@H]%19CO)C%18C)C%17C)C%16C)C%15C)C%14C)C%13C)C%12C)C%11C)C%10C)C9C)C8C)C7C)C6C)C5C)C4C)C3C)C2C)C1C. The smallest absolute Gasteiger partial charge is 0.394 e. The second kappa shape index (κ2) is 33.8. The summed E-state index contributed by atoms with van der Waals surface area (Å²) in [6.07, 6.45) is 28.1. The van der Waals surface area contributed by atoms with E-state index in [4.69, 9.17) is 39.5 Å². The van der Waals surface area contributed by atoms with Crippen LogP contribution in [0.1, 0.15) is 266 Å². The third-order valence-corrected chi connectivity index (χ3v) is 51.2. The van der Waals surface area contributed by atoms with Crippen LogP contribution >= 0.6 is 7.82 Å². The van der Waals surface area contributed by atoms with E-state index < -0.39 is 45.1 Å². The molecule has 706 valence electrons. The molecule has 126 heavy (non-hydrogen) atoms. The summed E-state index contributed by atoms with van der Waals surface area (Å²) in [4.78, 5) is 24.3. The minimum atomic E-state index is -4.69. The molecule has 0 spiro atoms. The van der Waals surface area contributed by atoms with E-state index in [2.05, 4.69) is 147 Å². The lowest BCUT2D eigenvalue weighted by molar-refractivity contribution is -0.190. The average Bonchev–Trinajstić information content (AvgIpc) is 0.862. The van der Waals surface area contributed by atoms with Crippen LogP contribution in [-0.4, -0.2) is 93.7 Å². The van der Waals surface area contributed by atoms with Crippen molar-refractivity contribution in [3.05, 3.63) is 12.7 Å². The first-order chi connectivity index (χ1) is 60.4. The molecule has 6 N–H and O–H groups in total. The van der Waals surface area contributed by atoms with Gasteiger partial charge in [-0.25, -0.2) is 19.5 Å². The fourth-order valence-corrected chi connectivity index (χ4v) is 41.2. The zero-order valence-corrected chi connectivity index (χ0v) is 82.7. The lowest BCUT2D eigenvalue weighted by atomic mass is 9.37. The van der Waals surface area contributed by atoms with E-state index in [0.717, 1.165) is 308 Å². The highest BCUT2D eigenvalue weighted by atomic mass is 31.2. The number of hydrogen-bond donors (Lipinski definition) is 4. The Bertz CT molecular complexity index is 4240. The molecule has 58 unspecified atom stereocenters. The number of aliphatic hydroxyl groups excluding tert-OH is 1. The van der Waals surface area contributed by atoms with Crippen LogP contribution in [0.2, 0.25) is 0 Å². The third-order valence-electron chi connectivity index (χ3n) is 50.2. The topological polar surface area (TPSA) is 209 Å². The normalized spacial score (nSPS) is 58.7. The summed E-state index contributed by atoms with van der Waals surface area (Å²) < 4.78 is 51.3. The van der Waals surface area contributed by atoms with Gasteiger partial charge in [0, 0.05) is 6.54 Å². The number of imidazole rings is 1. The molecule has 16 heteroatoms. The van der Waals surface area contributed by atoms with E-state index in [-0.39, 0.29) is 25.1 Å². The Labute approximate surface area is 762 Å². The Morgan fingerprint density at radius 2 is 0.635 bits per heavy atom. The highest BCUT2D eigenvalue weighted by Crippen LogP contribution is 2.75. The molecule has 19 saturated carbocycles. The first-order valence-electron chi connectivity index (χ1n) is 54.8. The van der Waals surface area contributed by atoms with Crippen LogP contribution in [0.5, 0.6) is 0 Å². The van der Waals surface area contributed by atoms with Crippen molar-refractivity contribution in [2.45, 2.75) is 291 Å². The molecule has 22 rings (SSSR count). The van der Waals surface area contributed by atoms with Crippen molar-refractivity contribution >= 4 is 24.8 Å². The van der Waals surface area contributed by atoms with Gasteiger partial charge in [0.05, 0.1) is 38.9 Å². The molecular weight excluding hydrogens is 1580 g/mol. The maximum atomic E-state index is 14.1. The summed E-state index contributed by atoms with van der Waals surface area (Å²) in [5, 5.41) is 10.6. The lowest BCUT2D eigenvalue weighted by Gasteiger charge is -2.67. The number of nitrogen functional groups attached to an aromatic ring is 1. The van der Waals surface area contributed by atoms with Crippen molar-refractivity contribution in [3.8, 4) is 0 Å². The van der Waals surface area contributed by atoms with E-state index in [1.807, 2.05) is 0 Å². The fraction of sp³-hybridized carbons (Fsp3) is 0.955. The van der Waals surface area contributed by atoms with Gasteiger partial charge in [0.1, 0.15) is 36.9 Å². The van der Waals surface area contributed by atoms with E-state index >= 15 is 0 Å². The number of nitrogens with zero attached hydrogens (tertiary/aromatic N) is 4. The van der Waals surface area contributed by atoms with E-state index in [1.54, 1.807) is 94.5 Å². The number of ether oxygens (including phenoxy) is 4. The van der Waals surface area contributed by atoms with Gasteiger partial charge in [-0.15, -0.1) is 0 Å². The summed E-state index contributed by atoms with van der Waals surface area (Å²) in [5.74, 6) is 52.5. The van der Waals surface area contributed by atoms with Crippen molar-refractivity contribution in [1.82, 2.24) is 19.5 Å². The second-order valence-corrected chi connectivity index (χ2v) is 53.6. The van der Waals surface area contributed by atoms with Gasteiger partial charge in [-0.05, 0) is 447 Å². The predicted octanol–water partition coefficient (Wildman–Crippen LogP) is 22.8. The molecule has 2 aromatic rings. The molecule has 1 aliphatic heterocycles. The summed E-state index contributed by atoms with van der Waals surface area (Å²) in [6, 6.07) is 0. The quantitative estimate of drug-likeness (QED) is 0.0305. The third kappa shape index (κ3) is 13.9. The molecule has 3 heterocycles. The summed E-state index contributed by atoms with van der Waals surface area (Å²) in [6.45, 7) is 51.2. The van der Waals surface area contributed by atoms with Crippen LogP contribution in [0.15, 0.2) is 12.7 Å². The van der Waals surface area contributed by atoms with Crippen LogP contribution in [0.25, 0.3) is 11.2 Å². The first kappa shape index (κ1) is 89.4. The lowest BCUT2D eigenvalue weighted by Crippen LogP contribution is -2.61. The Hall–Kier alpha value is -1.78. The number of aromatic nitrogens is 4. The zero-order chi connectivity index (χ0) is 87.6. The Kier molecular flexibility index (Phi) is 24.0. The molecule has 1 saturated heterocycles. The highest BCUT2D eigenvalue weighted by Gasteiger charge is 2.69. The van der Waals surface area contributed by atoms with Crippen molar-refractivity contribution in [2.24, 2.45) is 331 Å². The van der Waals surface area contributed by atoms with Crippen molar-refractivity contribution in [3.63, 3.8) is 0 Å². The van der Waals surface area contributed by atoms with Crippen LogP contribution in [0.3, 0.4) is 0 Å². The monoisotopic (exact) mass is 1760 g/mol. The molecule has 15 nitrogen and oxygen atoms in total. The van der Waals surface area contributed by atoms with Gasteiger partial charge in [-0.1, -0.05) is 138 Å². The van der Waals surface area contributed by atoms with Gasteiger partial charge in [0.2, 0.25) is 0 Å². The molecule has 61 atom stereocenters. The largest absolute Gasteiger partial charge is 0.472 e. The number of phosphoric ester groups is 1. The minimum Gasteiger partial charge on any atom is -0.394 e. The molecule has 0 amide bonds. The van der Waals surface area contributed by atoms with Crippen LogP contribution in [0, 0.1) is 325 Å². The molecule has 0 aromatic carbocycles. The number of rotatable bonds is 32. The van der Waals surface area contributed by atoms with Gasteiger partial charge < -0.3 is 40.4 Å². The highest BCUT2D eigenvalue weighted by molar-refractivity contribution is 7.47. The summed E-state index contributed by atoms with van der Waals surface area (Å²) >= 11 is 0. The molecule has 0 radical (unpaired) electrons. The number of hydrogen-bond acceptors (Lipinski definition) is 13. The van der Waals surface area contributed by atoms with Crippen molar-refractivity contribution in [2.75, 3.05) is 45.5 Å². The minimum absolute atomic E-state index is 0.104. The van der Waals surface area contributed by atoms with Crippen molar-refractivity contribution < 1.29 is 42.6 Å².